The maximum Gasteiger partial charge on any atom is 0.0728 e. The maximum absolute atomic E-state index is 5.63. The minimum atomic E-state index is 0.410. The van der Waals surface area contributed by atoms with Gasteiger partial charge in [0.2, 0.25) is 0 Å². The Morgan fingerprint density at radius 3 is 3.06 bits per heavy atom. The van der Waals surface area contributed by atoms with E-state index in [9.17, 15) is 0 Å². The molecule has 0 saturated carbocycles. The van der Waals surface area contributed by atoms with E-state index in [1.54, 1.807) is 0 Å². The van der Waals surface area contributed by atoms with Gasteiger partial charge in [0.05, 0.1) is 19.3 Å². The largest absolute Gasteiger partial charge is 0.377 e. The van der Waals surface area contributed by atoms with Crippen molar-refractivity contribution in [1.82, 2.24) is 5.32 Å². The molecule has 0 radical (unpaired) electrons. The van der Waals surface area contributed by atoms with Crippen molar-refractivity contribution in [3.05, 3.63) is 34.3 Å². The van der Waals surface area contributed by atoms with Crippen molar-refractivity contribution in [1.29, 1.82) is 0 Å². The van der Waals surface area contributed by atoms with Crippen molar-refractivity contribution >= 4 is 15.9 Å². The lowest BCUT2D eigenvalue weighted by Crippen LogP contribution is -2.29. The first-order valence-corrected chi connectivity index (χ1v) is 7.29. The van der Waals surface area contributed by atoms with E-state index in [0.29, 0.717) is 12.7 Å². The predicted molar refractivity (Wildman–Crippen MR) is 75.6 cm³/mol. The molecule has 3 nitrogen and oxygen atoms in total. The van der Waals surface area contributed by atoms with E-state index in [-0.39, 0.29) is 0 Å². The van der Waals surface area contributed by atoms with Gasteiger partial charge in [-0.15, -0.1) is 0 Å². The predicted octanol–water partition coefficient (Wildman–Crippen LogP) is 2.73. The van der Waals surface area contributed by atoms with Gasteiger partial charge in [-0.05, 0) is 24.5 Å². The standard InChI is InChI=1S/C14H20BrNO2/c15-14-6-2-1-4-12(14)11-17-9-7-16-10-13-5-3-8-18-13/h1-2,4,6,13,16H,3,5,7-11H2. The van der Waals surface area contributed by atoms with E-state index < -0.39 is 0 Å². The monoisotopic (exact) mass is 313 g/mol. The molecule has 18 heavy (non-hydrogen) atoms. The molecule has 1 heterocycles. The molecule has 1 aliphatic rings. The van der Waals surface area contributed by atoms with Gasteiger partial charge in [-0.3, -0.25) is 0 Å². The fourth-order valence-electron chi connectivity index (χ4n) is 2.01. The van der Waals surface area contributed by atoms with Gasteiger partial charge in [0, 0.05) is 24.2 Å². The van der Waals surface area contributed by atoms with Crippen LogP contribution in [-0.2, 0) is 16.1 Å². The van der Waals surface area contributed by atoms with Gasteiger partial charge in [-0.2, -0.15) is 0 Å². The molecule has 1 atom stereocenters. The Hall–Kier alpha value is -0.420. The molecule has 1 N–H and O–H groups in total. The summed E-state index contributed by atoms with van der Waals surface area (Å²) in [4.78, 5) is 0. The molecule has 1 aromatic rings. The summed E-state index contributed by atoms with van der Waals surface area (Å²) in [5.41, 5.74) is 1.19. The van der Waals surface area contributed by atoms with Crippen molar-refractivity contribution in [2.45, 2.75) is 25.6 Å². The minimum absolute atomic E-state index is 0.410. The lowest BCUT2D eigenvalue weighted by Gasteiger charge is -2.11. The molecule has 100 valence electrons. The number of hydrogen-bond acceptors (Lipinski definition) is 3. The number of hydrogen-bond donors (Lipinski definition) is 1. The SMILES string of the molecule is Brc1ccccc1COCCNCC1CCCO1. The number of benzene rings is 1. The van der Waals surface area contributed by atoms with Crippen molar-refractivity contribution in [2.75, 3.05) is 26.3 Å². The maximum atomic E-state index is 5.63. The Bertz CT molecular complexity index is 353. The molecule has 1 unspecified atom stereocenters. The van der Waals surface area contributed by atoms with Crippen LogP contribution in [0.5, 0.6) is 0 Å². The first kappa shape index (κ1) is 14.0. The quantitative estimate of drug-likeness (QED) is 0.785. The number of ether oxygens (including phenoxy) is 2. The first-order valence-electron chi connectivity index (χ1n) is 6.50. The van der Waals surface area contributed by atoms with Crippen LogP contribution in [-0.4, -0.2) is 32.4 Å². The van der Waals surface area contributed by atoms with Crippen LogP contribution >= 0.6 is 15.9 Å². The smallest absolute Gasteiger partial charge is 0.0728 e. The van der Waals surface area contributed by atoms with Crippen LogP contribution in [0.1, 0.15) is 18.4 Å². The lowest BCUT2D eigenvalue weighted by atomic mass is 10.2. The third kappa shape index (κ3) is 4.69. The summed E-state index contributed by atoms with van der Waals surface area (Å²) in [6, 6.07) is 8.15. The fourth-order valence-corrected chi connectivity index (χ4v) is 2.41. The van der Waals surface area contributed by atoms with Crippen LogP contribution in [0.3, 0.4) is 0 Å². The zero-order valence-corrected chi connectivity index (χ0v) is 12.1. The van der Waals surface area contributed by atoms with Gasteiger partial charge in [-0.25, -0.2) is 0 Å². The lowest BCUT2D eigenvalue weighted by molar-refractivity contribution is 0.0984. The molecule has 1 aromatic carbocycles. The summed E-state index contributed by atoms with van der Waals surface area (Å²) in [6.07, 6.45) is 2.80. The molecule has 1 saturated heterocycles. The Morgan fingerprint density at radius 2 is 2.28 bits per heavy atom. The summed E-state index contributed by atoms with van der Waals surface area (Å²) >= 11 is 3.51. The van der Waals surface area contributed by atoms with Gasteiger partial charge < -0.3 is 14.8 Å². The summed E-state index contributed by atoms with van der Waals surface area (Å²) in [5.74, 6) is 0. The molecule has 1 fully saturated rings. The average molecular weight is 314 g/mol. The van der Waals surface area contributed by atoms with E-state index in [4.69, 9.17) is 9.47 Å². The molecular formula is C14H20BrNO2. The normalized spacial score (nSPS) is 19.3. The van der Waals surface area contributed by atoms with Crippen LogP contribution in [0, 0.1) is 0 Å². The van der Waals surface area contributed by atoms with Gasteiger partial charge in [0.1, 0.15) is 0 Å². The van der Waals surface area contributed by atoms with Crippen LogP contribution in [0.25, 0.3) is 0 Å². The second-order valence-electron chi connectivity index (χ2n) is 4.48. The van der Waals surface area contributed by atoms with E-state index >= 15 is 0 Å². The highest BCUT2D eigenvalue weighted by Gasteiger charge is 2.14. The molecule has 0 aromatic heterocycles. The van der Waals surface area contributed by atoms with Crippen molar-refractivity contribution in [2.24, 2.45) is 0 Å². The van der Waals surface area contributed by atoms with Crippen LogP contribution in [0.4, 0.5) is 0 Å². The topological polar surface area (TPSA) is 30.5 Å². The van der Waals surface area contributed by atoms with Crippen molar-refractivity contribution in [3.63, 3.8) is 0 Å². The Balaban J connectivity index is 1.52. The number of rotatable bonds is 7. The minimum Gasteiger partial charge on any atom is -0.377 e. The molecule has 0 amide bonds. The molecule has 4 heteroatoms. The summed E-state index contributed by atoms with van der Waals surface area (Å²) in [7, 11) is 0. The second kappa shape index (κ2) is 7.89. The number of halogens is 1. The highest BCUT2D eigenvalue weighted by Crippen LogP contribution is 2.16. The van der Waals surface area contributed by atoms with Gasteiger partial charge in [0.15, 0.2) is 0 Å². The zero-order chi connectivity index (χ0) is 12.6. The van der Waals surface area contributed by atoms with Crippen LogP contribution < -0.4 is 5.32 Å². The Morgan fingerprint density at radius 1 is 1.39 bits per heavy atom. The van der Waals surface area contributed by atoms with E-state index in [1.807, 2.05) is 18.2 Å². The fraction of sp³-hybridized carbons (Fsp3) is 0.571. The van der Waals surface area contributed by atoms with E-state index in [2.05, 4.69) is 27.3 Å². The molecule has 0 spiro atoms. The first-order chi connectivity index (χ1) is 8.86. The molecular weight excluding hydrogens is 294 g/mol. The molecule has 0 bridgehead atoms. The molecule has 0 aliphatic carbocycles. The average Bonchev–Trinajstić information content (AvgIpc) is 2.89. The molecule has 2 rings (SSSR count). The van der Waals surface area contributed by atoms with E-state index in [0.717, 1.165) is 30.8 Å². The summed E-state index contributed by atoms with van der Waals surface area (Å²) in [6.45, 7) is 4.13. The summed E-state index contributed by atoms with van der Waals surface area (Å²) < 4.78 is 12.3. The van der Waals surface area contributed by atoms with Crippen molar-refractivity contribution in [3.8, 4) is 0 Å². The van der Waals surface area contributed by atoms with E-state index in [1.165, 1.54) is 18.4 Å². The van der Waals surface area contributed by atoms with Crippen LogP contribution in [0.15, 0.2) is 28.7 Å². The van der Waals surface area contributed by atoms with Gasteiger partial charge in [-0.1, -0.05) is 34.1 Å². The number of nitrogens with one attached hydrogen (secondary N) is 1. The van der Waals surface area contributed by atoms with Crippen LogP contribution in [0.2, 0.25) is 0 Å². The Labute approximate surface area is 117 Å². The van der Waals surface area contributed by atoms with Crippen molar-refractivity contribution < 1.29 is 9.47 Å². The molecule has 1 aliphatic heterocycles. The Kier molecular flexibility index (Phi) is 6.14. The zero-order valence-electron chi connectivity index (χ0n) is 10.5. The second-order valence-corrected chi connectivity index (χ2v) is 5.34. The highest BCUT2D eigenvalue weighted by atomic mass is 79.9. The summed E-state index contributed by atoms with van der Waals surface area (Å²) in [5, 5.41) is 3.37. The third-order valence-corrected chi connectivity index (χ3v) is 3.81. The highest BCUT2D eigenvalue weighted by molar-refractivity contribution is 9.10. The van der Waals surface area contributed by atoms with Gasteiger partial charge in [0.25, 0.3) is 0 Å². The van der Waals surface area contributed by atoms with Gasteiger partial charge >= 0.3 is 0 Å². The third-order valence-electron chi connectivity index (χ3n) is 3.03.